The topological polar surface area (TPSA) is 0 Å². The third-order valence-electron chi connectivity index (χ3n) is 9.33. The van der Waals surface area contributed by atoms with Crippen molar-refractivity contribution in [2.75, 3.05) is 5.75 Å². The molecule has 0 spiro atoms. The zero-order valence-corrected chi connectivity index (χ0v) is 32.2. The van der Waals surface area contributed by atoms with Crippen molar-refractivity contribution in [2.45, 2.75) is 237 Å². The molecule has 0 aliphatic rings. The molecule has 0 aromatic heterocycles. The molecule has 0 saturated carbocycles. The number of halogens is 2. The van der Waals surface area contributed by atoms with E-state index in [-0.39, 0.29) is 0 Å². The van der Waals surface area contributed by atoms with Crippen molar-refractivity contribution in [3.63, 3.8) is 0 Å². The first-order chi connectivity index (χ1) is 20.8. The van der Waals surface area contributed by atoms with Crippen molar-refractivity contribution in [3.05, 3.63) is 0 Å². The summed E-state index contributed by atoms with van der Waals surface area (Å²) >= 11 is 16.1. The largest absolute Gasteiger partial charge is 0.237 e. The van der Waals surface area contributed by atoms with E-state index in [1.807, 2.05) is 0 Å². The molecule has 0 unspecified atom stereocenters. The average Bonchev–Trinajstić information content (AvgIpc) is 2.98. The fourth-order valence-corrected chi connectivity index (χ4v) is 8.17. The quantitative estimate of drug-likeness (QED) is 0.0288. The lowest BCUT2D eigenvalue weighted by molar-refractivity contribution is 0.511. The van der Waals surface area contributed by atoms with Gasteiger partial charge in [0.15, 0.2) is 0 Å². The summed E-state index contributed by atoms with van der Waals surface area (Å²) in [5.41, 5.74) is 0. The lowest BCUT2D eigenvalue weighted by atomic mass is 10.0. The number of rotatable bonds is 38. The molecule has 254 valence electrons. The monoisotopic (exact) mass is 664 g/mol. The second-order valence-corrected chi connectivity index (χ2v) is 19.3. The predicted molar refractivity (Wildman–Crippen MR) is 204 cm³/mol. The van der Waals surface area contributed by atoms with Gasteiger partial charge in [-0.25, -0.2) is 0 Å². The molecule has 0 aromatic carbocycles. The standard InChI is InChI=1S/C38H78Cl2SSi/c39-42(40)38-36-34-32-30-28-26-24-22-20-18-16-14-12-10-8-6-4-2-1-3-5-7-9-11-13-15-17-19-21-23-25-27-29-31-33-35-37-41/h41-42H,1-38H2. The lowest BCUT2D eigenvalue weighted by Gasteiger charge is -2.05. The summed E-state index contributed by atoms with van der Waals surface area (Å²) in [7, 11) is -1.34. The first kappa shape index (κ1) is 43.1. The van der Waals surface area contributed by atoms with Gasteiger partial charge in [-0.05, 0) is 18.2 Å². The summed E-state index contributed by atoms with van der Waals surface area (Å²) in [6, 6.07) is 1.10. The van der Waals surface area contributed by atoms with Gasteiger partial charge in [-0.1, -0.05) is 225 Å². The van der Waals surface area contributed by atoms with E-state index in [0.717, 1.165) is 11.8 Å². The Bertz CT molecular complexity index is 462. The smallest absolute Gasteiger partial charge is 0.179 e. The fourth-order valence-electron chi connectivity index (χ4n) is 6.42. The SMILES string of the molecule is SCCCCCCCCCCCCCCCCCCCCCCCCCCCCCCCCCCCCCC[SiH](Cl)Cl. The molecule has 0 fully saturated rings. The fraction of sp³-hybridized carbons (Fsp3) is 1.00. The Balaban J connectivity index is 3.03. The van der Waals surface area contributed by atoms with Crippen LogP contribution in [0.1, 0.15) is 231 Å². The molecule has 0 radical (unpaired) electrons. The van der Waals surface area contributed by atoms with E-state index in [1.165, 1.54) is 231 Å². The molecule has 0 bridgehead atoms. The van der Waals surface area contributed by atoms with Gasteiger partial charge in [-0.15, -0.1) is 0 Å². The zero-order valence-electron chi connectivity index (χ0n) is 28.7. The third kappa shape index (κ3) is 41.1. The van der Waals surface area contributed by atoms with Gasteiger partial charge >= 0.3 is 0 Å². The van der Waals surface area contributed by atoms with E-state index in [0.29, 0.717) is 0 Å². The second kappa shape index (κ2) is 40.2. The summed E-state index contributed by atoms with van der Waals surface area (Å²) < 4.78 is 0. The van der Waals surface area contributed by atoms with Crippen molar-refractivity contribution in [2.24, 2.45) is 0 Å². The molecular formula is C38H78Cl2SSi. The van der Waals surface area contributed by atoms with E-state index in [1.54, 1.807) is 0 Å². The van der Waals surface area contributed by atoms with Crippen molar-refractivity contribution in [3.8, 4) is 0 Å². The Labute approximate surface area is 283 Å². The Kier molecular flexibility index (Phi) is 41.3. The molecule has 0 aromatic rings. The molecular weight excluding hydrogens is 587 g/mol. The van der Waals surface area contributed by atoms with Gasteiger partial charge in [0.1, 0.15) is 0 Å². The average molecular weight is 666 g/mol. The van der Waals surface area contributed by atoms with Crippen LogP contribution in [-0.2, 0) is 0 Å². The summed E-state index contributed by atoms with van der Waals surface area (Å²) in [6.45, 7) is 0. The summed E-state index contributed by atoms with van der Waals surface area (Å²) in [5, 5.41) is 0. The minimum absolute atomic E-state index is 1.07. The van der Waals surface area contributed by atoms with Crippen LogP contribution in [0.3, 0.4) is 0 Å². The van der Waals surface area contributed by atoms with Crippen molar-refractivity contribution >= 4 is 42.2 Å². The molecule has 0 aliphatic heterocycles. The van der Waals surface area contributed by atoms with Crippen LogP contribution in [0.4, 0.5) is 0 Å². The molecule has 0 rings (SSSR count). The van der Waals surface area contributed by atoms with Crippen LogP contribution in [0.2, 0.25) is 6.04 Å². The van der Waals surface area contributed by atoms with Gasteiger partial charge in [0.25, 0.3) is 0 Å². The maximum atomic E-state index is 5.91. The minimum atomic E-state index is -1.34. The first-order valence-electron chi connectivity index (χ1n) is 19.7. The molecule has 0 atom stereocenters. The van der Waals surface area contributed by atoms with Crippen molar-refractivity contribution in [1.82, 2.24) is 0 Å². The van der Waals surface area contributed by atoms with Gasteiger partial charge in [0.05, 0.1) is 0 Å². The van der Waals surface area contributed by atoms with E-state index in [4.69, 9.17) is 22.2 Å². The molecule has 0 N–H and O–H groups in total. The van der Waals surface area contributed by atoms with Gasteiger partial charge < -0.3 is 0 Å². The van der Waals surface area contributed by atoms with Crippen LogP contribution >= 0.6 is 34.8 Å². The maximum absolute atomic E-state index is 5.91. The lowest BCUT2D eigenvalue weighted by Crippen LogP contribution is -1.91. The molecule has 0 saturated heterocycles. The summed E-state index contributed by atoms with van der Waals surface area (Å²) in [6.07, 6.45) is 52.3. The third-order valence-corrected chi connectivity index (χ3v) is 11.8. The van der Waals surface area contributed by atoms with Crippen molar-refractivity contribution < 1.29 is 0 Å². The molecule has 0 amide bonds. The van der Waals surface area contributed by atoms with Gasteiger partial charge in [-0.2, -0.15) is 34.8 Å². The molecule has 0 aliphatic carbocycles. The second-order valence-electron chi connectivity index (χ2n) is 13.6. The minimum Gasteiger partial charge on any atom is -0.179 e. The Morgan fingerprint density at radius 3 is 0.524 bits per heavy atom. The highest BCUT2D eigenvalue weighted by Gasteiger charge is 2.01. The van der Waals surface area contributed by atoms with Crippen LogP contribution < -0.4 is 0 Å². The van der Waals surface area contributed by atoms with Crippen LogP contribution in [-0.4, -0.2) is 13.2 Å². The van der Waals surface area contributed by atoms with Gasteiger partial charge in [0.2, 0.25) is 7.42 Å². The number of hydrogen-bond acceptors (Lipinski definition) is 1. The molecule has 42 heavy (non-hydrogen) atoms. The van der Waals surface area contributed by atoms with Crippen LogP contribution in [0, 0.1) is 0 Å². The van der Waals surface area contributed by atoms with E-state index in [9.17, 15) is 0 Å². The highest BCUT2D eigenvalue weighted by molar-refractivity contribution is 7.80. The number of hydrogen-bond donors (Lipinski definition) is 1. The van der Waals surface area contributed by atoms with Crippen LogP contribution in [0.5, 0.6) is 0 Å². The van der Waals surface area contributed by atoms with Crippen LogP contribution in [0.15, 0.2) is 0 Å². The summed E-state index contributed by atoms with van der Waals surface area (Å²) in [4.78, 5) is 0. The van der Waals surface area contributed by atoms with Crippen LogP contribution in [0.25, 0.3) is 0 Å². The highest BCUT2D eigenvalue weighted by atomic mass is 35.7. The first-order valence-corrected chi connectivity index (χ1v) is 24.6. The summed E-state index contributed by atoms with van der Waals surface area (Å²) in [5.74, 6) is 1.07. The Morgan fingerprint density at radius 2 is 0.381 bits per heavy atom. The van der Waals surface area contributed by atoms with Gasteiger partial charge in [-0.3, -0.25) is 0 Å². The normalized spacial score (nSPS) is 11.7. The molecule has 0 nitrogen and oxygen atoms in total. The van der Waals surface area contributed by atoms with E-state index >= 15 is 0 Å². The van der Waals surface area contributed by atoms with Gasteiger partial charge in [0, 0.05) is 0 Å². The molecule has 4 heteroatoms. The van der Waals surface area contributed by atoms with Crippen molar-refractivity contribution in [1.29, 1.82) is 0 Å². The maximum Gasteiger partial charge on any atom is 0.237 e. The molecule has 0 heterocycles. The van der Waals surface area contributed by atoms with E-state index < -0.39 is 7.42 Å². The number of unbranched alkanes of at least 4 members (excludes halogenated alkanes) is 35. The Morgan fingerprint density at radius 1 is 0.238 bits per heavy atom. The van der Waals surface area contributed by atoms with E-state index in [2.05, 4.69) is 12.6 Å². The zero-order chi connectivity index (χ0) is 30.4. The number of thiol groups is 1. The highest BCUT2D eigenvalue weighted by Crippen LogP contribution is 2.18. The predicted octanol–water partition coefficient (Wildman–Crippen LogP) is 15.7. The Hall–Kier alpha value is 1.15.